The first-order valence-corrected chi connectivity index (χ1v) is 19.0. The zero-order valence-corrected chi connectivity index (χ0v) is 26.5. The molecular formula is C39H34N2OSi2. The molecule has 1 heterocycles. The lowest BCUT2D eigenvalue weighted by molar-refractivity contribution is 0.287. The van der Waals surface area contributed by atoms with Crippen LogP contribution in [0.4, 0.5) is 0 Å². The lowest BCUT2D eigenvalue weighted by Gasteiger charge is -2.55. The minimum absolute atomic E-state index is 0.213. The quantitative estimate of drug-likeness (QED) is 0.185. The van der Waals surface area contributed by atoms with Gasteiger partial charge in [-0.25, -0.2) is 4.99 Å². The molecule has 6 aromatic carbocycles. The number of benzene rings is 6. The first-order chi connectivity index (χ1) is 21.9. The van der Waals surface area contributed by atoms with E-state index in [1.807, 2.05) is 0 Å². The van der Waals surface area contributed by atoms with Crippen molar-refractivity contribution in [1.29, 1.82) is 0 Å². The average molecular weight is 603 g/mol. The van der Waals surface area contributed by atoms with Crippen LogP contribution in [-0.2, 0) is 4.74 Å². The van der Waals surface area contributed by atoms with Gasteiger partial charge < -0.3 is 4.74 Å². The van der Waals surface area contributed by atoms with Crippen LogP contribution in [0.5, 0.6) is 0 Å². The van der Waals surface area contributed by atoms with Gasteiger partial charge in [-0.05, 0) is 31.1 Å². The molecule has 7 rings (SSSR count). The van der Waals surface area contributed by atoms with Crippen molar-refractivity contribution in [3.05, 3.63) is 182 Å². The van der Waals surface area contributed by atoms with E-state index in [4.69, 9.17) is 9.73 Å². The molecule has 1 unspecified atom stereocenters. The zero-order valence-electron chi connectivity index (χ0n) is 24.5. The fraction of sp³-hybridized carbons (Fsp3) is 0.0513. The van der Waals surface area contributed by atoms with E-state index in [2.05, 4.69) is 186 Å². The lowest BCUT2D eigenvalue weighted by Crippen LogP contribution is -2.92. The molecule has 1 atom stereocenters. The molecule has 3 nitrogen and oxygen atoms in total. The maximum absolute atomic E-state index is 6.05. The van der Waals surface area contributed by atoms with Gasteiger partial charge in [-0.15, -0.1) is 0 Å². The Kier molecular flexibility index (Phi) is 7.90. The molecule has 5 heteroatoms. The van der Waals surface area contributed by atoms with E-state index >= 15 is 0 Å². The molecule has 0 saturated carbocycles. The second-order valence-electron chi connectivity index (χ2n) is 11.1. The standard InChI is InChI=1S/C39H34N2OSi2/c1-7-19-33(20-8-1)43(34-21-9-2-10-22-34,35-23-11-3-12-24-35)41(39-31-42-32-40-39)44(36-25-13-4-14-26-36,37-27-15-5-16-28-37)38-29-17-6-18-30-38/h1-30,32,39H,31H2. The Morgan fingerprint density at radius 1 is 0.409 bits per heavy atom. The van der Waals surface area contributed by atoms with Crippen LogP contribution in [0.1, 0.15) is 0 Å². The van der Waals surface area contributed by atoms with E-state index in [9.17, 15) is 0 Å². The maximum atomic E-state index is 6.05. The highest BCUT2D eigenvalue weighted by Crippen LogP contribution is 2.27. The molecule has 6 aromatic rings. The third-order valence-electron chi connectivity index (χ3n) is 8.72. The number of ether oxygens (including phenoxy) is 1. The zero-order chi connectivity index (χ0) is 29.7. The molecule has 1 aliphatic heterocycles. The largest absolute Gasteiger partial charge is 0.480 e. The lowest BCUT2D eigenvalue weighted by atomic mass is 10.3. The molecule has 0 amide bonds. The molecule has 44 heavy (non-hydrogen) atoms. The van der Waals surface area contributed by atoms with Gasteiger partial charge in [0, 0.05) is 0 Å². The van der Waals surface area contributed by atoms with Gasteiger partial charge >= 0.3 is 0 Å². The fourth-order valence-corrected chi connectivity index (χ4v) is 20.3. The number of aliphatic imine (C=N–C) groups is 1. The molecule has 214 valence electrons. The summed E-state index contributed by atoms with van der Waals surface area (Å²) in [4.78, 5) is 5.17. The SMILES string of the molecule is C1=NC(N([Si](c2ccccc2)(c2ccccc2)c2ccccc2)[Si](c2ccccc2)(c2ccccc2)c2ccccc2)CO1. The van der Waals surface area contributed by atoms with Crippen LogP contribution < -0.4 is 31.1 Å². The van der Waals surface area contributed by atoms with Gasteiger partial charge in [0.25, 0.3) is 0 Å². The van der Waals surface area contributed by atoms with Crippen LogP contribution in [0, 0.1) is 0 Å². The summed E-state index contributed by atoms with van der Waals surface area (Å²) in [7, 11) is -6.20. The number of rotatable bonds is 9. The van der Waals surface area contributed by atoms with Crippen molar-refractivity contribution in [3.8, 4) is 0 Å². The van der Waals surface area contributed by atoms with Crippen LogP contribution in [0.3, 0.4) is 0 Å². The van der Waals surface area contributed by atoms with Gasteiger partial charge in [0.05, 0.1) is 0 Å². The molecule has 0 bridgehead atoms. The Morgan fingerprint density at radius 2 is 0.659 bits per heavy atom. The van der Waals surface area contributed by atoms with Gasteiger partial charge in [0.2, 0.25) is 16.5 Å². The molecular weight excluding hydrogens is 569 g/mol. The van der Waals surface area contributed by atoms with Crippen molar-refractivity contribution in [2.24, 2.45) is 4.99 Å². The summed E-state index contributed by atoms with van der Waals surface area (Å²) >= 11 is 0. The van der Waals surface area contributed by atoms with Crippen LogP contribution >= 0.6 is 0 Å². The predicted molar refractivity (Wildman–Crippen MR) is 188 cm³/mol. The summed E-state index contributed by atoms with van der Waals surface area (Å²) in [5, 5.41) is 7.91. The predicted octanol–water partition coefficient (Wildman–Crippen LogP) is 4.01. The Labute approximate surface area is 261 Å². The summed E-state index contributed by atoms with van der Waals surface area (Å²) in [6, 6.07) is 67.0. The number of hydrogen-bond donors (Lipinski definition) is 0. The first-order valence-electron chi connectivity index (χ1n) is 15.1. The number of nitrogens with zero attached hydrogens (tertiary/aromatic N) is 2. The molecule has 0 spiro atoms. The summed E-state index contributed by atoms with van der Waals surface area (Å²) < 4.78 is 8.95. The van der Waals surface area contributed by atoms with Crippen LogP contribution in [0.25, 0.3) is 0 Å². The molecule has 0 saturated heterocycles. The Morgan fingerprint density at radius 3 is 0.864 bits per heavy atom. The van der Waals surface area contributed by atoms with Gasteiger partial charge in [-0.2, -0.15) is 0 Å². The van der Waals surface area contributed by atoms with Crippen molar-refractivity contribution >= 4 is 54.0 Å². The molecule has 0 radical (unpaired) electrons. The third kappa shape index (κ3) is 4.66. The van der Waals surface area contributed by atoms with Gasteiger partial charge in [-0.1, -0.05) is 182 Å². The van der Waals surface area contributed by atoms with E-state index in [1.54, 1.807) is 6.40 Å². The van der Waals surface area contributed by atoms with E-state index in [1.165, 1.54) is 31.1 Å². The smallest absolute Gasteiger partial charge is 0.220 e. The third-order valence-corrected chi connectivity index (χ3v) is 19.8. The molecule has 0 aliphatic carbocycles. The second-order valence-corrected chi connectivity index (χ2v) is 18.8. The fourth-order valence-electron chi connectivity index (χ4n) is 7.04. The van der Waals surface area contributed by atoms with Crippen molar-refractivity contribution in [1.82, 2.24) is 4.23 Å². The van der Waals surface area contributed by atoms with Gasteiger partial charge in [-0.3, -0.25) is 4.23 Å². The van der Waals surface area contributed by atoms with E-state index < -0.39 is 16.5 Å². The maximum Gasteiger partial charge on any atom is 0.220 e. The summed E-state index contributed by atoms with van der Waals surface area (Å²) in [6.45, 7) is 0.489. The molecule has 0 N–H and O–H groups in total. The second kappa shape index (κ2) is 12.4. The van der Waals surface area contributed by atoms with E-state index in [0.717, 1.165) is 0 Å². The topological polar surface area (TPSA) is 24.8 Å². The Bertz CT molecular complexity index is 1480. The molecule has 0 aromatic heterocycles. The monoisotopic (exact) mass is 602 g/mol. The van der Waals surface area contributed by atoms with Crippen molar-refractivity contribution in [2.75, 3.05) is 6.61 Å². The van der Waals surface area contributed by atoms with Crippen LogP contribution in [0.2, 0.25) is 0 Å². The van der Waals surface area contributed by atoms with E-state index in [0.29, 0.717) is 6.61 Å². The van der Waals surface area contributed by atoms with Gasteiger partial charge in [0.15, 0.2) is 6.40 Å². The summed E-state index contributed by atoms with van der Waals surface area (Å²) in [5.74, 6) is 0. The highest BCUT2D eigenvalue weighted by Gasteiger charge is 2.60. The Hall–Kier alpha value is -4.82. The number of hydrogen-bond acceptors (Lipinski definition) is 3. The van der Waals surface area contributed by atoms with Crippen molar-refractivity contribution in [3.63, 3.8) is 0 Å². The minimum atomic E-state index is -3.10. The summed E-state index contributed by atoms with van der Waals surface area (Å²) in [5.41, 5.74) is 0. The van der Waals surface area contributed by atoms with Crippen molar-refractivity contribution in [2.45, 2.75) is 6.17 Å². The highest BCUT2D eigenvalue weighted by atomic mass is 28.4. The van der Waals surface area contributed by atoms with Crippen LogP contribution in [-0.4, -0.2) is 39.9 Å². The van der Waals surface area contributed by atoms with E-state index in [-0.39, 0.29) is 6.17 Å². The molecule has 1 aliphatic rings. The molecule has 0 fully saturated rings. The Balaban J connectivity index is 1.73. The summed E-state index contributed by atoms with van der Waals surface area (Å²) in [6.07, 6.45) is 1.45. The highest BCUT2D eigenvalue weighted by molar-refractivity contribution is 7.22. The van der Waals surface area contributed by atoms with Crippen molar-refractivity contribution < 1.29 is 4.74 Å². The minimum Gasteiger partial charge on any atom is -0.480 e. The normalized spacial score (nSPS) is 14.8. The average Bonchev–Trinajstić information content (AvgIpc) is 3.66. The van der Waals surface area contributed by atoms with Crippen LogP contribution in [0.15, 0.2) is 187 Å². The van der Waals surface area contributed by atoms with Gasteiger partial charge in [0.1, 0.15) is 12.8 Å². The first kappa shape index (κ1) is 28.0.